The zero-order valence-electron chi connectivity index (χ0n) is 12.5. The Bertz CT molecular complexity index is 823. The van der Waals surface area contributed by atoms with Crippen molar-refractivity contribution in [2.75, 3.05) is 17.7 Å². The Morgan fingerprint density at radius 1 is 1.17 bits per heavy atom. The number of fused-ring (bicyclic) bond motifs is 1. The molecular weight excluding hydrogens is 334 g/mol. The van der Waals surface area contributed by atoms with Gasteiger partial charge in [0.25, 0.3) is 0 Å². The highest BCUT2D eigenvalue weighted by atomic mass is 35.5. The Labute approximate surface area is 142 Å². The normalized spacial score (nSPS) is 10.6. The number of benzene rings is 2. The van der Waals surface area contributed by atoms with Crippen LogP contribution in [-0.2, 0) is 0 Å². The number of urea groups is 1. The molecular formula is C16H14ClN3O2S. The first-order valence-corrected chi connectivity index (χ1v) is 8.04. The van der Waals surface area contributed by atoms with E-state index in [2.05, 4.69) is 15.6 Å². The summed E-state index contributed by atoms with van der Waals surface area (Å²) in [6.45, 7) is 1.96. The molecule has 0 atom stereocenters. The van der Waals surface area contributed by atoms with Crippen LogP contribution >= 0.6 is 22.9 Å². The van der Waals surface area contributed by atoms with Crippen LogP contribution in [0.2, 0.25) is 5.02 Å². The predicted molar refractivity (Wildman–Crippen MR) is 95.0 cm³/mol. The molecule has 0 aliphatic carbocycles. The topological polar surface area (TPSA) is 63.2 Å². The zero-order valence-corrected chi connectivity index (χ0v) is 14.1. The number of aromatic nitrogens is 1. The lowest BCUT2D eigenvalue weighted by Crippen LogP contribution is -2.19. The Kier molecular flexibility index (Phi) is 4.36. The summed E-state index contributed by atoms with van der Waals surface area (Å²) in [6.07, 6.45) is 0. The number of hydrogen-bond donors (Lipinski definition) is 2. The molecule has 1 aromatic heterocycles. The average Bonchev–Trinajstić information content (AvgIpc) is 2.96. The number of anilines is 2. The maximum atomic E-state index is 12.1. The first-order chi connectivity index (χ1) is 11.1. The summed E-state index contributed by atoms with van der Waals surface area (Å²) in [4.78, 5) is 16.5. The fourth-order valence-electron chi connectivity index (χ4n) is 2.09. The van der Waals surface area contributed by atoms with E-state index in [0.717, 1.165) is 21.5 Å². The Hall–Kier alpha value is -2.31. The standard InChI is InChI=1S/C16H14ClN3O2S/c1-9-3-8-12(17)14-13(9)19-16(23-14)20-15(21)18-10-4-6-11(22-2)7-5-10/h3-8H,1-2H3,(H2,18,19,20,21). The van der Waals surface area contributed by atoms with E-state index in [0.29, 0.717) is 15.8 Å². The van der Waals surface area contributed by atoms with Crippen molar-refractivity contribution in [1.82, 2.24) is 4.98 Å². The summed E-state index contributed by atoms with van der Waals surface area (Å²) < 4.78 is 5.94. The molecule has 2 aromatic carbocycles. The number of nitrogens with zero attached hydrogens (tertiary/aromatic N) is 1. The van der Waals surface area contributed by atoms with Crippen LogP contribution < -0.4 is 15.4 Å². The van der Waals surface area contributed by atoms with Crippen LogP contribution in [0, 0.1) is 6.92 Å². The number of thiazole rings is 1. The van der Waals surface area contributed by atoms with Crippen LogP contribution in [-0.4, -0.2) is 18.1 Å². The molecule has 0 aliphatic heterocycles. The van der Waals surface area contributed by atoms with E-state index in [4.69, 9.17) is 16.3 Å². The highest BCUT2D eigenvalue weighted by Gasteiger charge is 2.11. The zero-order chi connectivity index (χ0) is 16.4. The molecule has 3 rings (SSSR count). The summed E-state index contributed by atoms with van der Waals surface area (Å²) in [7, 11) is 1.59. The highest BCUT2D eigenvalue weighted by Crippen LogP contribution is 2.33. The Balaban J connectivity index is 1.74. The number of methoxy groups -OCH3 is 1. The van der Waals surface area contributed by atoms with E-state index >= 15 is 0 Å². The summed E-state index contributed by atoms with van der Waals surface area (Å²) in [6, 6.07) is 10.5. The van der Waals surface area contributed by atoms with Gasteiger partial charge in [-0.05, 0) is 42.8 Å². The van der Waals surface area contributed by atoms with Gasteiger partial charge in [-0.25, -0.2) is 9.78 Å². The summed E-state index contributed by atoms with van der Waals surface area (Å²) in [5.41, 5.74) is 2.49. The number of carbonyl (C=O) groups excluding carboxylic acids is 1. The van der Waals surface area contributed by atoms with Crippen molar-refractivity contribution in [3.05, 3.63) is 47.0 Å². The third kappa shape index (κ3) is 3.38. The van der Waals surface area contributed by atoms with Crippen LogP contribution in [0.5, 0.6) is 5.75 Å². The lowest BCUT2D eigenvalue weighted by atomic mass is 10.2. The molecule has 0 bridgehead atoms. The van der Waals surface area contributed by atoms with Gasteiger partial charge >= 0.3 is 6.03 Å². The molecule has 0 saturated carbocycles. The second kappa shape index (κ2) is 6.44. The van der Waals surface area contributed by atoms with E-state index in [-0.39, 0.29) is 6.03 Å². The fraction of sp³-hybridized carbons (Fsp3) is 0.125. The molecule has 0 unspecified atom stereocenters. The number of ether oxygens (including phenoxy) is 1. The predicted octanol–water partition coefficient (Wildman–Crippen LogP) is 4.91. The van der Waals surface area contributed by atoms with E-state index < -0.39 is 0 Å². The molecule has 2 amide bonds. The average molecular weight is 348 g/mol. The first kappa shape index (κ1) is 15.6. The third-order valence-corrected chi connectivity index (χ3v) is 4.70. The van der Waals surface area contributed by atoms with Gasteiger partial charge in [0.1, 0.15) is 5.75 Å². The molecule has 2 N–H and O–H groups in total. The van der Waals surface area contributed by atoms with E-state index in [1.165, 1.54) is 11.3 Å². The van der Waals surface area contributed by atoms with Crippen molar-refractivity contribution in [1.29, 1.82) is 0 Å². The lowest BCUT2D eigenvalue weighted by Gasteiger charge is -2.06. The summed E-state index contributed by atoms with van der Waals surface area (Å²) in [5, 5.41) is 6.61. The SMILES string of the molecule is COc1ccc(NC(=O)Nc2nc3c(C)ccc(Cl)c3s2)cc1. The van der Waals surface area contributed by atoms with Crippen LogP contribution in [0.3, 0.4) is 0 Å². The van der Waals surface area contributed by atoms with Crippen molar-refractivity contribution >= 4 is 50.0 Å². The first-order valence-electron chi connectivity index (χ1n) is 6.84. The fourth-order valence-corrected chi connectivity index (χ4v) is 3.30. The molecule has 0 fully saturated rings. The Morgan fingerprint density at radius 3 is 2.57 bits per heavy atom. The minimum Gasteiger partial charge on any atom is -0.497 e. The number of halogens is 1. The molecule has 5 nitrogen and oxygen atoms in total. The van der Waals surface area contributed by atoms with Crippen molar-refractivity contribution in [3.63, 3.8) is 0 Å². The number of nitrogens with one attached hydrogen (secondary N) is 2. The van der Waals surface area contributed by atoms with Gasteiger partial charge in [-0.2, -0.15) is 0 Å². The van der Waals surface area contributed by atoms with Crippen molar-refractivity contribution in [2.45, 2.75) is 6.92 Å². The van der Waals surface area contributed by atoms with Gasteiger partial charge < -0.3 is 10.1 Å². The van der Waals surface area contributed by atoms with Gasteiger partial charge in [0.05, 0.1) is 22.3 Å². The third-order valence-electron chi connectivity index (χ3n) is 3.27. The molecule has 0 spiro atoms. The van der Waals surface area contributed by atoms with Gasteiger partial charge in [-0.1, -0.05) is 29.0 Å². The molecule has 0 saturated heterocycles. The van der Waals surface area contributed by atoms with E-state index in [9.17, 15) is 4.79 Å². The molecule has 7 heteroatoms. The second-order valence-corrected chi connectivity index (χ2v) is 6.27. The van der Waals surface area contributed by atoms with E-state index in [1.54, 1.807) is 31.4 Å². The number of aryl methyl sites for hydroxylation is 1. The number of amides is 2. The van der Waals surface area contributed by atoms with Gasteiger partial charge in [-0.3, -0.25) is 5.32 Å². The summed E-state index contributed by atoms with van der Waals surface area (Å²) in [5.74, 6) is 0.729. The van der Waals surface area contributed by atoms with Crippen LogP contribution in [0.15, 0.2) is 36.4 Å². The molecule has 3 aromatic rings. The van der Waals surface area contributed by atoms with Crippen molar-refractivity contribution < 1.29 is 9.53 Å². The number of hydrogen-bond acceptors (Lipinski definition) is 4. The number of carbonyl (C=O) groups is 1. The molecule has 0 aliphatic rings. The van der Waals surface area contributed by atoms with Crippen LogP contribution in [0.4, 0.5) is 15.6 Å². The molecule has 0 radical (unpaired) electrons. The largest absolute Gasteiger partial charge is 0.497 e. The monoisotopic (exact) mass is 347 g/mol. The summed E-state index contributed by atoms with van der Waals surface area (Å²) >= 11 is 7.52. The Morgan fingerprint density at radius 2 is 1.91 bits per heavy atom. The van der Waals surface area contributed by atoms with Crippen LogP contribution in [0.1, 0.15) is 5.56 Å². The van der Waals surface area contributed by atoms with Crippen molar-refractivity contribution in [2.24, 2.45) is 0 Å². The minimum absolute atomic E-state index is 0.358. The maximum absolute atomic E-state index is 12.1. The highest BCUT2D eigenvalue weighted by molar-refractivity contribution is 7.23. The van der Waals surface area contributed by atoms with Gasteiger partial charge in [0.15, 0.2) is 5.13 Å². The maximum Gasteiger partial charge on any atom is 0.325 e. The van der Waals surface area contributed by atoms with E-state index in [1.807, 2.05) is 19.1 Å². The molecule has 1 heterocycles. The molecule has 23 heavy (non-hydrogen) atoms. The van der Waals surface area contributed by atoms with Gasteiger partial charge in [0.2, 0.25) is 0 Å². The van der Waals surface area contributed by atoms with Gasteiger partial charge in [-0.15, -0.1) is 0 Å². The minimum atomic E-state index is -0.358. The second-order valence-electron chi connectivity index (χ2n) is 4.87. The smallest absolute Gasteiger partial charge is 0.325 e. The molecule has 118 valence electrons. The van der Waals surface area contributed by atoms with Crippen LogP contribution in [0.25, 0.3) is 10.2 Å². The van der Waals surface area contributed by atoms with Crippen molar-refractivity contribution in [3.8, 4) is 5.75 Å². The lowest BCUT2D eigenvalue weighted by molar-refractivity contribution is 0.262. The number of rotatable bonds is 3. The quantitative estimate of drug-likeness (QED) is 0.707. The van der Waals surface area contributed by atoms with Gasteiger partial charge in [0, 0.05) is 5.69 Å².